The van der Waals surface area contributed by atoms with Gasteiger partial charge in [-0.05, 0) is 29.6 Å². The summed E-state index contributed by atoms with van der Waals surface area (Å²) in [4.78, 5) is 6.69. The zero-order chi connectivity index (χ0) is 16.5. The average molecular weight is 346 g/mol. The van der Waals surface area contributed by atoms with Crippen LogP contribution in [0.3, 0.4) is 0 Å². The van der Waals surface area contributed by atoms with Gasteiger partial charge in [-0.25, -0.2) is 8.78 Å². The Kier molecular flexibility index (Phi) is 4.06. The number of halogens is 2. The first-order chi connectivity index (χ1) is 11.7. The number of thiophene rings is 1. The smallest absolute Gasteiger partial charge is 0.167 e. The van der Waals surface area contributed by atoms with E-state index in [4.69, 9.17) is 4.74 Å². The maximum Gasteiger partial charge on any atom is 0.167 e. The standard InChI is InChI=1S/C18H16F2N2OS/c19-12-1-2-17(14(20)11-12)23-13-4-8-22(9-5-13)16-3-7-21-15-6-10-24-18(15)16/h1-3,6-7,10-11,13H,4-5,8-9H2. The Balaban J connectivity index is 1.44. The van der Waals surface area contributed by atoms with E-state index < -0.39 is 11.6 Å². The molecule has 2 aromatic heterocycles. The fourth-order valence-corrected chi connectivity index (χ4v) is 3.97. The number of fused-ring (bicyclic) bond motifs is 1. The fourth-order valence-electron chi connectivity index (χ4n) is 3.07. The summed E-state index contributed by atoms with van der Waals surface area (Å²) >= 11 is 1.69. The first-order valence-corrected chi connectivity index (χ1v) is 8.77. The highest BCUT2D eigenvalue weighted by Gasteiger charge is 2.23. The number of aromatic nitrogens is 1. The van der Waals surface area contributed by atoms with Crippen molar-refractivity contribution in [3.8, 4) is 5.75 Å². The lowest BCUT2D eigenvalue weighted by atomic mass is 10.1. The molecular formula is C18H16F2N2OS. The molecule has 1 aromatic carbocycles. The van der Waals surface area contributed by atoms with E-state index in [0.29, 0.717) is 0 Å². The molecule has 0 N–H and O–H groups in total. The van der Waals surface area contributed by atoms with Gasteiger partial charge in [0.15, 0.2) is 11.6 Å². The van der Waals surface area contributed by atoms with Crippen LogP contribution in [-0.2, 0) is 0 Å². The van der Waals surface area contributed by atoms with E-state index >= 15 is 0 Å². The summed E-state index contributed by atoms with van der Waals surface area (Å²) in [5.74, 6) is -1.11. The summed E-state index contributed by atoms with van der Waals surface area (Å²) in [6.45, 7) is 1.68. The van der Waals surface area contributed by atoms with Gasteiger partial charge in [0.2, 0.25) is 0 Å². The first kappa shape index (κ1) is 15.3. The zero-order valence-corrected chi connectivity index (χ0v) is 13.7. The monoisotopic (exact) mass is 346 g/mol. The summed E-state index contributed by atoms with van der Waals surface area (Å²) in [5, 5.41) is 2.05. The molecule has 3 nitrogen and oxygen atoms in total. The second-order valence-corrected chi connectivity index (χ2v) is 6.76. The van der Waals surface area contributed by atoms with Crippen molar-refractivity contribution in [2.24, 2.45) is 0 Å². The van der Waals surface area contributed by atoms with E-state index in [1.54, 1.807) is 11.3 Å². The average Bonchev–Trinajstić information content (AvgIpc) is 3.07. The van der Waals surface area contributed by atoms with Gasteiger partial charge in [-0.2, -0.15) is 0 Å². The van der Waals surface area contributed by atoms with E-state index in [2.05, 4.69) is 9.88 Å². The fraction of sp³-hybridized carbons (Fsp3) is 0.278. The van der Waals surface area contributed by atoms with Crippen LogP contribution in [0, 0.1) is 11.6 Å². The van der Waals surface area contributed by atoms with Gasteiger partial charge in [0.25, 0.3) is 0 Å². The van der Waals surface area contributed by atoms with Crippen LogP contribution in [0.2, 0.25) is 0 Å². The molecule has 0 atom stereocenters. The molecule has 3 aromatic rings. The van der Waals surface area contributed by atoms with Crippen molar-refractivity contribution in [1.29, 1.82) is 0 Å². The van der Waals surface area contributed by atoms with Crippen LogP contribution in [0.25, 0.3) is 10.2 Å². The van der Waals surface area contributed by atoms with Crippen molar-refractivity contribution in [3.63, 3.8) is 0 Å². The lowest BCUT2D eigenvalue weighted by molar-refractivity contribution is 0.163. The van der Waals surface area contributed by atoms with Crippen molar-refractivity contribution < 1.29 is 13.5 Å². The van der Waals surface area contributed by atoms with Crippen LogP contribution >= 0.6 is 11.3 Å². The normalized spacial score (nSPS) is 15.8. The maximum absolute atomic E-state index is 13.7. The molecule has 1 saturated heterocycles. The van der Waals surface area contributed by atoms with Crippen LogP contribution in [0.5, 0.6) is 5.75 Å². The molecule has 0 unspecified atom stereocenters. The quantitative estimate of drug-likeness (QED) is 0.692. The van der Waals surface area contributed by atoms with E-state index in [-0.39, 0.29) is 11.9 Å². The summed E-state index contributed by atoms with van der Waals surface area (Å²) < 4.78 is 33.6. The molecule has 0 saturated carbocycles. The van der Waals surface area contributed by atoms with E-state index in [0.717, 1.165) is 37.5 Å². The van der Waals surface area contributed by atoms with Crippen molar-refractivity contribution in [1.82, 2.24) is 4.98 Å². The summed E-state index contributed by atoms with van der Waals surface area (Å²) in [5.41, 5.74) is 2.21. The number of benzene rings is 1. The van der Waals surface area contributed by atoms with Crippen LogP contribution in [0.15, 0.2) is 41.9 Å². The number of hydrogen-bond acceptors (Lipinski definition) is 4. The number of hydrogen-bond donors (Lipinski definition) is 0. The van der Waals surface area contributed by atoms with Crippen LogP contribution < -0.4 is 9.64 Å². The van der Waals surface area contributed by atoms with Gasteiger partial charge in [0.1, 0.15) is 11.9 Å². The Morgan fingerprint density at radius 3 is 2.75 bits per heavy atom. The number of ether oxygens (including phenoxy) is 1. The van der Waals surface area contributed by atoms with Crippen molar-refractivity contribution >= 4 is 27.2 Å². The number of pyridine rings is 1. The Bertz CT molecular complexity index is 859. The summed E-state index contributed by atoms with van der Waals surface area (Å²) in [6.07, 6.45) is 3.38. The highest BCUT2D eigenvalue weighted by atomic mass is 32.1. The third kappa shape index (κ3) is 2.94. The van der Waals surface area contributed by atoms with Crippen molar-refractivity contribution in [2.75, 3.05) is 18.0 Å². The van der Waals surface area contributed by atoms with Gasteiger partial charge in [0, 0.05) is 38.2 Å². The molecule has 3 heterocycles. The molecule has 0 bridgehead atoms. The van der Waals surface area contributed by atoms with Gasteiger partial charge in [0.05, 0.1) is 15.9 Å². The Morgan fingerprint density at radius 2 is 1.96 bits per heavy atom. The Labute approximate surface area is 142 Å². The minimum atomic E-state index is -0.646. The molecule has 124 valence electrons. The molecule has 1 fully saturated rings. The topological polar surface area (TPSA) is 25.4 Å². The maximum atomic E-state index is 13.7. The Morgan fingerprint density at radius 1 is 1.12 bits per heavy atom. The van der Waals surface area contributed by atoms with Gasteiger partial charge in [-0.1, -0.05) is 0 Å². The highest BCUT2D eigenvalue weighted by molar-refractivity contribution is 7.17. The molecular weight excluding hydrogens is 330 g/mol. The van der Waals surface area contributed by atoms with Crippen LogP contribution in [0.4, 0.5) is 14.5 Å². The van der Waals surface area contributed by atoms with Gasteiger partial charge < -0.3 is 9.64 Å². The number of rotatable bonds is 3. The second kappa shape index (κ2) is 6.36. The van der Waals surface area contributed by atoms with E-state index in [9.17, 15) is 8.78 Å². The number of anilines is 1. The van der Waals surface area contributed by atoms with Gasteiger partial charge in [-0.15, -0.1) is 11.3 Å². The lowest BCUT2D eigenvalue weighted by Gasteiger charge is -2.34. The predicted octanol–water partition coefficient (Wildman–Crippen LogP) is 4.62. The molecule has 6 heteroatoms. The molecule has 1 aliphatic rings. The van der Waals surface area contributed by atoms with Crippen molar-refractivity contribution in [3.05, 3.63) is 53.5 Å². The minimum absolute atomic E-state index is 0.0538. The molecule has 1 aliphatic heterocycles. The molecule has 0 aliphatic carbocycles. The molecule has 24 heavy (non-hydrogen) atoms. The Hall–Kier alpha value is -2.21. The van der Waals surface area contributed by atoms with E-state index in [1.165, 1.54) is 22.5 Å². The van der Waals surface area contributed by atoms with Crippen LogP contribution in [0.1, 0.15) is 12.8 Å². The van der Waals surface area contributed by atoms with Gasteiger partial charge >= 0.3 is 0 Å². The molecule has 4 rings (SSSR count). The van der Waals surface area contributed by atoms with Gasteiger partial charge in [-0.3, -0.25) is 4.98 Å². The third-order valence-electron chi connectivity index (χ3n) is 4.29. The highest BCUT2D eigenvalue weighted by Crippen LogP contribution is 2.32. The zero-order valence-electron chi connectivity index (χ0n) is 12.9. The molecule has 0 spiro atoms. The number of nitrogens with zero attached hydrogens (tertiary/aromatic N) is 2. The largest absolute Gasteiger partial charge is 0.487 e. The number of piperidine rings is 1. The second-order valence-electron chi connectivity index (χ2n) is 5.84. The van der Waals surface area contributed by atoms with Crippen molar-refractivity contribution in [2.45, 2.75) is 18.9 Å². The summed E-state index contributed by atoms with van der Waals surface area (Å²) in [6, 6.07) is 7.50. The minimum Gasteiger partial charge on any atom is -0.487 e. The molecule has 0 amide bonds. The van der Waals surface area contributed by atoms with E-state index in [1.807, 2.05) is 23.7 Å². The predicted molar refractivity (Wildman–Crippen MR) is 91.8 cm³/mol. The summed E-state index contributed by atoms with van der Waals surface area (Å²) in [7, 11) is 0. The lowest BCUT2D eigenvalue weighted by Crippen LogP contribution is -2.38. The molecule has 0 radical (unpaired) electrons. The SMILES string of the molecule is Fc1ccc(OC2CCN(c3ccnc4ccsc34)CC2)c(F)c1. The first-order valence-electron chi connectivity index (χ1n) is 7.89. The third-order valence-corrected chi connectivity index (χ3v) is 5.22. The van der Waals surface area contributed by atoms with Crippen LogP contribution in [-0.4, -0.2) is 24.2 Å².